The van der Waals surface area contributed by atoms with Gasteiger partial charge < -0.3 is 4.98 Å². The van der Waals surface area contributed by atoms with Gasteiger partial charge in [0.25, 0.3) is 0 Å². The molecule has 0 atom stereocenters. The number of benzene rings is 1. The molecule has 0 bridgehead atoms. The van der Waals surface area contributed by atoms with Crippen molar-refractivity contribution in [2.24, 2.45) is 0 Å². The minimum atomic E-state index is -0.212. The first-order valence-electron chi connectivity index (χ1n) is 3.30. The second kappa shape index (κ2) is 2.99. The highest BCUT2D eigenvalue weighted by molar-refractivity contribution is 14.1. The fourth-order valence-electron chi connectivity index (χ4n) is 1.13. The molecule has 0 radical (unpaired) electrons. The van der Waals surface area contributed by atoms with Gasteiger partial charge in [-0.25, -0.2) is 4.39 Å². The van der Waals surface area contributed by atoms with Crippen molar-refractivity contribution in [1.29, 1.82) is 0 Å². The van der Waals surface area contributed by atoms with Gasteiger partial charge in [0.2, 0.25) is 0 Å². The topological polar surface area (TPSA) is 15.8 Å². The van der Waals surface area contributed by atoms with Crippen LogP contribution in [0.5, 0.6) is 0 Å². The summed E-state index contributed by atoms with van der Waals surface area (Å²) in [5.74, 6) is -0.212. The molecule has 62 valence electrons. The van der Waals surface area contributed by atoms with Gasteiger partial charge in [-0.15, -0.1) is 0 Å². The zero-order valence-corrected chi connectivity index (χ0v) is 9.61. The number of aromatic amines is 1. The third-order valence-electron chi connectivity index (χ3n) is 1.69. The van der Waals surface area contributed by atoms with Crippen molar-refractivity contribution < 1.29 is 4.39 Å². The quantitative estimate of drug-likeness (QED) is 0.705. The molecule has 0 aliphatic heterocycles. The third kappa shape index (κ3) is 1.17. The van der Waals surface area contributed by atoms with Gasteiger partial charge in [-0.3, -0.25) is 0 Å². The van der Waals surface area contributed by atoms with Crippen LogP contribution in [0.3, 0.4) is 0 Å². The van der Waals surface area contributed by atoms with Crippen molar-refractivity contribution in [2.75, 3.05) is 0 Å². The molecule has 0 unspecified atom stereocenters. The van der Waals surface area contributed by atoms with Crippen molar-refractivity contribution in [3.8, 4) is 0 Å². The number of rotatable bonds is 0. The lowest BCUT2D eigenvalue weighted by molar-refractivity contribution is 0.637. The molecule has 0 saturated carbocycles. The van der Waals surface area contributed by atoms with Gasteiger partial charge in [0.15, 0.2) is 0 Å². The highest BCUT2D eigenvalue weighted by atomic mass is 127. The molecular formula is C8H4BrFIN. The number of halogens is 3. The number of H-pyrrole nitrogens is 1. The van der Waals surface area contributed by atoms with Crippen LogP contribution in [0.15, 0.2) is 22.8 Å². The normalized spacial score (nSPS) is 10.9. The maximum atomic E-state index is 13.1. The summed E-state index contributed by atoms with van der Waals surface area (Å²) < 4.78 is 15.1. The molecule has 1 N–H and O–H groups in total. The standard InChI is InChI=1S/C8H4BrFIN/c9-4-1-2-5(10)8-7(4)6(11)3-12-8/h1-3,12H. The summed E-state index contributed by atoms with van der Waals surface area (Å²) in [5.41, 5.74) is 0.564. The Balaban J connectivity index is 2.98. The monoisotopic (exact) mass is 339 g/mol. The fourth-order valence-corrected chi connectivity index (χ4v) is 2.76. The van der Waals surface area contributed by atoms with Crippen LogP contribution in [0, 0.1) is 9.39 Å². The molecule has 0 fully saturated rings. The van der Waals surface area contributed by atoms with E-state index in [4.69, 9.17) is 0 Å². The molecule has 2 aromatic rings. The van der Waals surface area contributed by atoms with Gasteiger partial charge in [0.1, 0.15) is 5.82 Å². The number of aromatic nitrogens is 1. The van der Waals surface area contributed by atoms with E-state index in [2.05, 4.69) is 43.5 Å². The minimum Gasteiger partial charge on any atom is -0.358 e. The average molecular weight is 340 g/mol. The lowest BCUT2D eigenvalue weighted by atomic mass is 10.2. The van der Waals surface area contributed by atoms with Crippen LogP contribution in [0.4, 0.5) is 4.39 Å². The molecule has 0 aliphatic rings. The van der Waals surface area contributed by atoms with Crippen LogP contribution < -0.4 is 0 Å². The van der Waals surface area contributed by atoms with Gasteiger partial charge in [-0.2, -0.15) is 0 Å². The first-order valence-corrected chi connectivity index (χ1v) is 5.18. The molecule has 1 aromatic carbocycles. The molecule has 0 saturated heterocycles. The summed E-state index contributed by atoms with van der Waals surface area (Å²) in [6.45, 7) is 0. The van der Waals surface area contributed by atoms with Crippen LogP contribution >= 0.6 is 38.5 Å². The zero-order valence-electron chi connectivity index (χ0n) is 5.87. The number of hydrogen-bond acceptors (Lipinski definition) is 0. The number of fused-ring (bicyclic) bond motifs is 1. The van der Waals surface area contributed by atoms with Crippen molar-refractivity contribution in [3.05, 3.63) is 32.2 Å². The first kappa shape index (κ1) is 8.50. The van der Waals surface area contributed by atoms with Crippen LogP contribution in [-0.4, -0.2) is 4.98 Å². The van der Waals surface area contributed by atoms with E-state index in [0.29, 0.717) is 5.52 Å². The lowest BCUT2D eigenvalue weighted by Gasteiger charge is -1.95. The van der Waals surface area contributed by atoms with Gasteiger partial charge in [-0.1, -0.05) is 15.9 Å². The summed E-state index contributed by atoms with van der Waals surface area (Å²) in [4.78, 5) is 2.88. The molecule has 1 aromatic heterocycles. The van der Waals surface area contributed by atoms with Crippen molar-refractivity contribution in [3.63, 3.8) is 0 Å². The maximum absolute atomic E-state index is 13.1. The molecule has 1 heterocycles. The van der Waals surface area contributed by atoms with Crippen LogP contribution in [0.1, 0.15) is 0 Å². The molecule has 0 aliphatic carbocycles. The second-order valence-corrected chi connectivity index (χ2v) is 4.43. The fraction of sp³-hybridized carbons (Fsp3) is 0. The Hall–Kier alpha value is -0.100. The van der Waals surface area contributed by atoms with Gasteiger partial charge in [-0.05, 0) is 34.7 Å². The summed E-state index contributed by atoms with van der Waals surface area (Å²) in [7, 11) is 0. The summed E-state index contributed by atoms with van der Waals surface area (Å²) in [6, 6.07) is 3.16. The van der Waals surface area contributed by atoms with Crippen LogP contribution in [0.25, 0.3) is 10.9 Å². The molecule has 2 rings (SSSR count). The van der Waals surface area contributed by atoms with E-state index in [1.807, 2.05) is 0 Å². The third-order valence-corrected chi connectivity index (χ3v) is 3.20. The Kier molecular flexibility index (Phi) is 2.12. The Morgan fingerprint density at radius 1 is 1.42 bits per heavy atom. The summed E-state index contributed by atoms with van der Waals surface area (Å²) in [5, 5.41) is 0.913. The van der Waals surface area contributed by atoms with E-state index >= 15 is 0 Å². The van der Waals surface area contributed by atoms with E-state index in [-0.39, 0.29) is 5.82 Å². The summed E-state index contributed by atoms with van der Waals surface area (Å²) >= 11 is 5.54. The van der Waals surface area contributed by atoms with Gasteiger partial charge >= 0.3 is 0 Å². The maximum Gasteiger partial charge on any atom is 0.147 e. The Morgan fingerprint density at radius 3 is 2.83 bits per heavy atom. The predicted molar refractivity (Wildman–Crippen MR) is 58.7 cm³/mol. The Bertz CT molecular complexity index is 438. The molecule has 0 spiro atoms. The molecule has 0 amide bonds. The SMILES string of the molecule is Fc1ccc(Br)c2c(I)c[nH]c12. The smallest absolute Gasteiger partial charge is 0.147 e. The zero-order chi connectivity index (χ0) is 8.72. The van der Waals surface area contributed by atoms with Gasteiger partial charge in [0, 0.05) is 19.6 Å². The number of nitrogens with one attached hydrogen (secondary N) is 1. The van der Waals surface area contributed by atoms with Crippen molar-refractivity contribution >= 4 is 49.4 Å². The minimum absolute atomic E-state index is 0.212. The van der Waals surface area contributed by atoms with Crippen LogP contribution in [-0.2, 0) is 0 Å². The molecular weight excluding hydrogens is 336 g/mol. The van der Waals surface area contributed by atoms with E-state index in [1.54, 1.807) is 12.3 Å². The highest BCUT2D eigenvalue weighted by Crippen LogP contribution is 2.29. The second-order valence-electron chi connectivity index (χ2n) is 2.42. The van der Waals surface area contributed by atoms with Crippen molar-refractivity contribution in [2.45, 2.75) is 0 Å². The molecule has 1 nitrogen and oxygen atoms in total. The largest absolute Gasteiger partial charge is 0.358 e. The Morgan fingerprint density at radius 2 is 2.17 bits per heavy atom. The van der Waals surface area contributed by atoms with E-state index < -0.39 is 0 Å². The predicted octanol–water partition coefficient (Wildman–Crippen LogP) is 3.67. The van der Waals surface area contributed by atoms with E-state index in [9.17, 15) is 4.39 Å². The number of hydrogen-bond donors (Lipinski definition) is 1. The van der Waals surface area contributed by atoms with E-state index in [0.717, 1.165) is 13.4 Å². The Labute approximate surface area is 90.6 Å². The first-order chi connectivity index (χ1) is 5.70. The summed E-state index contributed by atoms with van der Waals surface area (Å²) in [6.07, 6.45) is 1.79. The van der Waals surface area contributed by atoms with Gasteiger partial charge in [0.05, 0.1) is 5.52 Å². The van der Waals surface area contributed by atoms with Crippen LogP contribution in [0.2, 0.25) is 0 Å². The van der Waals surface area contributed by atoms with E-state index in [1.165, 1.54) is 6.07 Å². The molecule has 12 heavy (non-hydrogen) atoms. The van der Waals surface area contributed by atoms with Crippen molar-refractivity contribution in [1.82, 2.24) is 4.98 Å². The molecule has 4 heteroatoms. The highest BCUT2D eigenvalue weighted by Gasteiger charge is 2.08. The lowest BCUT2D eigenvalue weighted by Crippen LogP contribution is -1.78. The average Bonchev–Trinajstić information content (AvgIpc) is 2.42.